The first-order chi connectivity index (χ1) is 9.18. The number of hydrogen-bond donors (Lipinski definition) is 2. The molecule has 3 rings (SSSR count). The van der Waals surface area contributed by atoms with Crippen LogP contribution in [0, 0.1) is 5.92 Å². The van der Waals surface area contributed by atoms with Gasteiger partial charge in [0.1, 0.15) is 5.75 Å². The Balaban J connectivity index is 2.13. The van der Waals surface area contributed by atoms with Gasteiger partial charge in [0.25, 0.3) is 5.91 Å². The number of guanidine groups is 1. The van der Waals surface area contributed by atoms with Crippen molar-refractivity contribution in [3.05, 3.63) is 29.8 Å². The third-order valence-electron chi connectivity index (χ3n) is 3.76. The molecular weight excluding hydrogens is 242 g/mol. The summed E-state index contributed by atoms with van der Waals surface area (Å²) in [6.45, 7) is 5.09. The lowest BCUT2D eigenvalue weighted by Crippen LogP contribution is -2.53. The van der Waals surface area contributed by atoms with Crippen molar-refractivity contribution < 1.29 is 9.53 Å². The third kappa shape index (κ3) is 1.61. The molecule has 0 aliphatic carbocycles. The maximum atomic E-state index is 12.5. The lowest BCUT2D eigenvalue weighted by molar-refractivity contribution is -0.127. The van der Waals surface area contributed by atoms with Gasteiger partial charge in [-0.3, -0.25) is 15.1 Å². The summed E-state index contributed by atoms with van der Waals surface area (Å²) in [6, 6.07) is 7.67. The number of benzene rings is 1. The second-order valence-electron chi connectivity index (χ2n) is 4.92. The number of nitrogens with zero attached hydrogens (tertiary/aromatic N) is 1. The van der Waals surface area contributed by atoms with Gasteiger partial charge in [0.15, 0.2) is 11.5 Å². The predicted octanol–water partition coefficient (Wildman–Crippen LogP) is 1.01. The van der Waals surface area contributed by atoms with Crippen LogP contribution in [0.25, 0.3) is 0 Å². The monoisotopic (exact) mass is 259 g/mol. The molecule has 1 saturated heterocycles. The highest BCUT2D eigenvalue weighted by atomic mass is 16.5. The van der Waals surface area contributed by atoms with Gasteiger partial charge in [-0.1, -0.05) is 25.1 Å². The molecule has 100 valence electrons. The molecule has 1 aromatic carbocycles. The number of nitrogens with one attached hydrogen (secondary N) is 2. The van der Waals surface area contributed by atoms with Gasteiger partial charge in [0.2, 0.25) is 0 Å². The topological polar surface area (TPSA) is 62.7 Å². The summed E-state index contributed by atoms with van der Waals surface area (Å²) in [5.74, 6) is 1.30. The number of carbonyl (C=O) groups is 1. The summed E-state index contributed by atoms with van der Waals surface area (Å²) in [6.07, 6.45) is 0. The molecule has 2 heterocycles. The summed E-state index contributed by atoms with van der Waals surface area (Å²) < 4.78 is 5.71. The fourth-order valence-corrected chi connectivity index (χ4v) is 2.78. The highest BCUT2D eigenvalue weighted by molar-refractivity contribution is 6.10. The zero-order valence-electron chi connectivity index (χ0n) is 11.1. The van der Waals surface area contributed by atoms with E-state index in [1.54, 1.807) is 0 Å². The third-order valence-corrected chi connectivity index (χ3v) is 3.76. The summed E-state index contributed by atoms with van der Waals surface area (Å²) in [5, 5.41) is 6.10. The molecule has 1 fully saturated rings. The molecule has 2 atom stereocenters. The Labute approximate surface area is 112 Å². The van der Waals surface area contributed by atoms with Gasteiger partial charge in [0.05, 0.1) is 6.61 Å². The van der Waals surface area contributed by atoms with Crippen molar-refractivity contribution in [3.63, 3.8) is 0 Å². The maximum absolute atomic E-state index is 12.5. The molecule has 0 aromatic heterocycles. The molecule has 2 N–H and O–H groups in total. The average Bonchev–Trinajstić information content (AvgIpc) is 2.73. The van der Waals surface area contributed by atoms with E-state index in [9.17, 15) is 4.79 Å². The first kappa shape index (κ1) is 12.0. The molecule has 5 heteroatoms. The van der Waals surface area contributed by atoms with Gasteiger partial charge in [-0.15, -0.1) is 0 Å². The molecule has 2 unspecified atom stereocenters. The van der Waals surface area contributed by atoms with E-state index in [1.165, 1.54) is 0 Å². The first-order valence-electron chi connectivity index (χ1n) is 6.55. The first-order valence-corrected chi connectivity index (χ1v) is 6.55. The van der Waals surface area contributed by atoms with Crippen molar-refractivity contribution in [3.8, 4) is 5.75 Å². The SMILES string of the molecule is CCN=C1NC(=O)C2(N1)c1ccccc1OCC2C. The van der Waals surface area contributed by atoms with Crippen LogP contribution in [-0.2, 0) is 10.3 Å². The quantitative estimate of drug-likeness (QED) is 0.791. The van der Waals surface area contributed by atoms with E-state index in [4.69, 9.17) is 4.74 Å². The van der Waals surface area contributed by atoms with E-state index in [0.717, 1.165) is 11.3 Å². The van der Waals surface area contributed by atoms with Crippen LogP contribution in [0.15, 0.2) is 29.3 Å². The molecule has 0 radical (unpaired) electrons. The minimum Gasteiger partial charge on any atom is -0.493 e. The van der Waals surface area contributed by atoms with Gasteiger partial charge < -0.3 is 10.1 Å². The molecule has 0 saturated carbocycles. The van der Waals surface area contributed by atoms with Crippen LogP contribution in [0.4, 0.5) is 0 Å². The van der Waals surface area contributed by atoms with Crippen LogP contribution in [0.2, 0.25) is 0 Å². The maximum Gasteiger partial charge on any atom is 0.257 e. The van der Waals surface area contributed by atoms with Crippen LogP contribution in [-0.4, -0.2) is 25.0 Å². The number of hydrogen-bond acceptors (Lipinski definition) is 3. The van der Waals surface area contributed by atoms with Crippen LogP contribution in [0.1, 0.15) is 19.4 Å². The Kier molecular flexibility index (Phi) is 2.69. The average molecular weight is 259 g/mol. The zero-order valence-corrected chi connectivity index (χ0v) is 11.1. The number of rotatable bonds is 1. The second-order valence-corrected chi connectivity index (χ2v) is 4.92. The van der Waals surface area contributed by atoms with E-state index in [0.29, 0.717) is 19.1 Å². The van der Waals surface area contributed by atoms with Gasteiger partial charge in [-0.25, -0.2) is 0 Å². The van der Waals surface area contributed by atoms with Gasteiger partial charge in [-0.05, 0) is 13.0 Å². The van der Waals surface area contributed by atoms with E-state index >= 15 is 0 Å². The summed E-state index contributed by atoms with van der Waals surface area (Å²) in [4.78, 5) is 16.8. The Bertz CT molecular complexity index is 555. The number of amides is 1. The minimum absolute atomic E-state index is 0.0342. The van der Waals surface area contributed by atoms with E-state index in [1.807, 2.05) is 38.1 Å². The van der Waals surface area contributed by atoms with Crippen molar-refractivity contribution in [2.75, 3.05) is 13.2 Å². The van der Waals surface area contributed by atoms with Crippen molar-refractivity contribution in [2.45, 2.75) is 19.4 Å². The summed E-state index contributed by atoms with van der Waals surface area (Å²) in [7, 11) is 0. The fourth-order valence-electron chi connectivity index (χ4n) is 2.78. The number of aliphatic imine (C=N–C) groups is 1. The lowest BCUT2D eigenvalue weighted by Gasteiger charge is -2.38. The Hall–Kier alpha value is -2.04. The van der Waals surface area contributed by atoms with E-state index in [-0.39, 0.29) is 11.8 Å². The highest BCUT2D eigenvalue weighted by Gasteiger charge is 2.54. The summed E-state index contributed by atoms with van der Waals surface area (Å²) in [5.41, 5.74) is 0.121. The number of para-hydroxylation sites is 1. The minimum atomic E-state index is -0.761. The lowest BCUT2D eigenvalue weighted by atomic mass is 9.77. The molecule has 2 aliphatic heterocycles. The van der Waals surface area contributed by atoms with Crippen molar-refractivity contribution in [1.29, 1.82) is 0 Å². The van der Waals surface area contributed by atoms with E-state index in [2.05, 4.69) is 15.6 Å². The highest BCUT2D eigenvalue weighted by Crippen LogP contribution is 2.41. The fraction of sp³-hybridized carbons (Fsp3) is 0.429. The van der Waals surface area contributed by atoms with Crippen molar-refractivity contribution in [2.24, 2.45) is 10.9 Å². The number of carbonyl (C=O) groups excluding carboxylic acids is 1. The number of fused-ring (bicyclic) bond motifs is 2. The second kappa shape index (κ2) is 4.26. The summed E-state index contributed by atoms with van der Waals surface area (Å²) >= 11 is 0. The van der Waals surface area contributed by atoms with Gasteiger partial charge >= 0.3 is 0 Å². The van der Waals surface area contributed by atoms with Gasteiger partial charge in [-0.2, -0.15) is 0 Å². The molecule has 5 nitrogen and oxygen atoms in total. The van der Waals surface area contributed by atoms with Crippen LogP contribution >= 0.6 is 0 Å². The van der Waals surface area contributed by atoms with Crippen molar-refractivity contribution in [1.82, 2.24) is 10.6 Å². The molecule has 0 bridgehead atoms. The Morgan fingerprint density at radius 2 is 2.26 bits per heavy atom. The van der Waals surface area contributed by atoms with Crippen LogP contribution < -0.4 is 15.4 Å². The zero-order chi connectivity index (χ0) is 13.5. The molecular formula is C14H17N3O2. The van der Waals surface area contributed by atoms with E-state index < -0.39 is 5.54 Å². The van der Waals surface area contributed by atoms with Crippen molar-refractivity contribution >= 4 is 11.9 Å². The van der Waals surface area contributed by atoms with Crippen LogP contribution in [0.3, 0.4) is 0 Å². The molecule has 2 aliphatic rings. The molecule has 19 heavy (non-hydrogen) atoms. The molecule has 1 spiro atoms. The normalized spacial score (nSPS) is 30.7. The predicted molar refractivity (Wildman–Crippen MR) is 72.0 cm³/mol. The molecule has 1 amide bonds. The largest absolute Gasteiger partial charge is 0.493 e. The standard InChI is InChI=1S/C14H17N3O2/c1-3-15-13-16-12(18)14(17-13)9(2)8-19-11-7-5-4-6-10(11)14/h4-7,9H,3,8H2,1-2H3,(H2,15,16,17,18). The Morgan fingerprint density at radius 1 is 1.47 bits per heavy atom. The van der Waals surface area contributed by atoms with Crippen LogP contribution in [0.5, 0.6) is 5.75 Å². The smallest absolute Gasteiger partial charge is 0.257 e. The molecule has 1 aromatic rings. The Morgan fingerprint density at radius 3 is 3.05 bits per heavy atom. The number of ether oxygens (including phenoxy) is 1. The van der Waals surface area contributed by atoms with Gasteiger partial charge in [0, 0.05) is 18.0 Å².